The number of morpholine rings is 1. The number of para-hydroxylation sites is 2. The molecule has 0 radical (unpaired) electrons. The molecule has 1 fully saturated rings. The summed E-state index contributed by atoms with van der Waals surface area (Å²) >= 11 is 0. The van der Waals surface area contributed by atoms with Gasteiger partial charge in [0.2, 0.25) is 0 Å². The molecule has 0 unspecified atom stereocenters. The van der Waals surface area contributed by atoms with E-state index in [0.717, 1.165) is 5.56 Å². The molecule has 1 aliphatic rings. The minimum absolute atomic E-state index is 0.0371. The molecule has 2 aromatic rings. The Kier molecular flexibility index (Phi) is 5.43. The molecule has 1 heterocycles. The number of alkyl halides is 2. The molecule has 0 aromatic heterocycles. The Hall–Kier alpha value is -2.19. The number of ether oxygens (including phenoxy) is 1. The molecule has 8 heteroatoms. The van der Waals surface area contributed by atoms with Crippen molar-refractivity contribution in [3.8, 4) is 0 Å². The molecular weight excluding hydrogens is 362 g/mol. The van der Waals surface area contributed by atoms with Crippen LogP contribution in [-0.2, 0) is 14.8 Å². The highest BCUT2D eigenvalue weighted by Crippen LogP contribution is 2.35. The van der Waals surface area contributed by atoms with E-state index in [1.54, 1.807) is 37.3 Å². The normalized spacial score (nSPS) is 15.3. The van der Waals surface area contributed by atoms with Crippen molar-refractivity contribution in [2.75, 3.05) is 35.5 Å². The summed E-state index contributed by atoms with van der Waals surface area (Å²) in [5, 5.41) is 0. The van der Waals surface area contributed by atoms with Gasteiger partial charge in [-0.2, -0.15) is 8.78 Å². The first kappa shape index (κ1) is 18.6. The average Bonchev–Trinajstić information content (AvgIpc) is 2.63. The van der Waals surface area contributed by atoms with Crippen molar-refractivity contribution < 1.29 is 21.9 Å². The number of rotatable bonds is 5. The Morgan fingerprint density at radius 2 is 1.65 bits per heavy atom. The first-order chi connectivity index (χ1) is 12.4. The van der Waals surface area contributed by atoms with E-state index in [0.29, 0.717) is 32.0 Å². The van der Waals surface area contributed by atoms with Crippen LogP contribution in [0.4, 0.5) is 20.2 Å². The zero-order valence-electron chi connectivity index (χ0n) is 14.3. The number of nitrogens with zero attached hydrogens (tertiary/aromatic N) is 2. The van der Waals surface area contributed by atoms with E-state index < -0.39 is 16.6 Å². The predicted molar refractivity (Wildman–Crippen MR) is 96.3 cm³/mol. The van der Waals surface area contributed by atoms with Gasteiger partial charge in [0.1, 0.15) is 0 Å². The van der Waals surface area contributed by atoms with Crippen molar-refractivity contribution >= 4 is 21.4 Å². The lowest BCUT2D eigenvalue weighted by molar-refractivity contribution is 0.122. The molecule has 5 nitrogen and oxygen atoms in total. The molecule has 2 aromatic carbocycles. The molecular formula is C18H20F2N2O3S. The van der Waals surface area contributed by atoms with Crippen molar-refractivity contribution in [3.63, 3.8) is 0 Å². The van der Waals surface area contributed by atoms with Gasteiger partial charge < -0.3 is 9.64 Å². The molecule has 0 bridgehead atoms. The van der Waals surface area contributed by atoms with Gasteiger partial charge in [-0.05, 0) is 31.2 Å². The summed E-state index contributed by atoms with van der Waals surface area (Å²) in [6.07, 6.45) is 0. The highest BCUT2D eigenvalue weighted by Gasteiger charge is 2.34. The highest BCUT2D eigenvalue weighted by molar-refractivity contribution is 7.92. The largest absolute Gasteiger partial charge is 0.378 e. The van der Waals surface area contributed by atoms with Crippen LogP contribution in [0.5, 0.6) is 0 Å². The first-order valence-corrected chi connectivity index (χ1v) is 9.66. The van der Waals surface area contributed by atoms with Crippen LogP contribution in [0.3, 0.4) is 0 Å². The van der Waals surface area contributed by atoms with Gasteiger partial charge in [0, 0.05) is 13.1 Å². The van der Waals surface area contributed by atoms with E-state index in [1.165, 1.54) is 18.2 Å². The molecule has 0 amide bonds. The van der Waals surface area contributed by atoms with Crippen molar-refractivity contribution in [1.82, 2.24) is 0 Å². The third kappa shape index (κ3) is 3.66. The fraction of sp³-hybridized carbons (Fsp3) is 0.333. The molecule has 140 valence electrons. The standard InChI is InChI=1S/C18H20F2N2O3S/c1-14-6-8-15(9-7-14)26(23,24)22(18(19)20)17-5-3-2-4-16(17)21-10-12-25-13-11-21/h2-9,18H,10-13H2,1H3. The van der Waals surface area contributed by atoms with Crippen LogP contribution < -0.4 is 9.21 Å². The summed E-state index contributed by atoms with van der Waals surface area (Å²) in [6.45, 7) is 0.553. The van der Waals surface area contributed by atoms with Crippen molar-refractivity contribution in [2.24, 2.45) is 0 Å². The molecule has 1 aliphatic heterocycles. The minimum Gasteiger partial charge on any atom is -0.378 e. The van der Waals surface area contributed by atoms with Gasteiger partial charge in [0.05, 0.1) is 29.5 Å². The van der Waals surface area contributed by atoms with Gasteiger partial charge >= 0.3 is 6.55 Å². The molecule has 26 heavy (non-hydrogen) atoms. The van der Waals surface area contributed by atoms with Gasteiger partial charge in [-0.25, -0.2) is 12.7 Å². The van der Waals surface area contributed by atoms with E-state index >= 15 is 0 Å². The second-order valence-electron chi connectivity index (χ2n) is 5.98. The van der Waals surface area contributed by atoms with Crippen LogP contribution in [0.25, 0.3) is 0 Å². The van der Waals surface area contributed by atoms with E-state index in [1.807, 2.05) is 4.90 Å². The average molecular weight is 382 g/mol. The van der Waals surface area contributed by atoms with Gasteiger partial charge in [-0.3, -0.25) is 0 Å². The summed E-state index contributed by atoms with van der Waals surface area (Å²) in [6, 6.07) is 12.2. The zero-order chi connectivity index (χ0) is 18.7. The smallest absolute Gasteiger partial charge is 0.328 e. The van der Waals surface area contributed by atoms with E-state index in [2.05, 4.69) is 0 Å². The number of anilines is 2. The van der Waals surface area contributed by atoms with E-state index in [4.69, 9.17) is 4.74 Å². The molecule has 0 atom stereocenters. The van der Waals surface area contributed by atoms with Crippen molar-refractivity contribution in [3.05, 3.63) is 54.1 Å². The maximum Gasteiger partial charge on any atom is 0.328 e. The molecule has 3 rings (SSSR count). The number of hydrogen-bond acceptors (Lipinski definition) is 4. The second kappa shape index (κ2) is 7.59. The molecule has 1 saturated heterocycles. The van der Waals surface area contributed by atoms with Crippen molar-refractivity contribution in [1.29, 1.82) is 0 Å². The van der Waals surface area contributed by atoms with Gasteiger partial charge in [0.15, 0.2) is 0 Å². The Morgan fingerprint density at radius 3 is 2.27 bits per heavy atom. The van der Waals surface area contributed by atoms with Gasteiger partial charge in [-0.15, -0.1) is 0 Å². The lowest BCUT2D eigenvalue weighted by atomic mass is 10.2. The molecule has 0 saturated carbocycles. The Labute approximate surface area is 151 Å². The van der Waals surface area contributed by atoms with Crippen LogP contribution in [0.15, 0.2) is 53.4 Å². The number of sulfonamides is 1. The number of halogens is 2. The highest BCUT2D eigenvalue weighted by atomic mass is 32.2. The monoisotopic (exact) mass is 382 g/mol. The zero-order valence-corrected chi connectivity index (χ0v) is 15.1. The number of aryl methyl sites for hydroxylation is 1. The maximum absolute atomic E-state index is 13.9. The third-order valence-electron chi connectivity index (χ3n) is 4.23. The fourth-order valence-corrected chi connectivity index (χ4v) is 4.22. The topological polar surface area (TPSA) is 49.9 Å². The van der Waals surface area contributed by atoms with Gasteiger partial charge in [0.25, 0.3) is 10.0 Å². The second-order valence-corrected chi connectivity index (χ2v) is 7.79. The van der Waals surface area contributed by atoms with E-state index in [9.17, 15) is 17.2 Å². The van der Waals surface area contributed by atoms with Crippen LogP contribution in [0.2, 0.25) is 0 Å². The summed E-state index contributed by atoms with van der Waals surface area (Å²) in [5.41, 5.74) is 1.26. The minimum atomic E-state index is -4.41. The van der Waals surface area contributed by atoms with Crippen molar-refractivity contribution in [2.45, 2.75) is 18.4 Å². The first-order valence-electron chi connectivity index (χ1n) is 8.22. The lowest BCUT2D eigenvalue weighted by Crippen LogP contribution is -2.40. The summed E-state index contributed by atoms with van der Waals surface area (Å²) < 4.78 is 59.1. The summed E-state index contributed by atoms with van der Waals surface area (Å²) in [4.78, 5) is 1.69. The Morgan fingerprint density at radius 1 is 1.04 bits per heavy atom. The molecule has 0 aliphatic carbocycles. The summed E-state index contributed by atoms with van der Waals surface area (Å²) in [5.74, 6) is 0. The van der Waals surface area contributed by atoms with Gasteiger partial charge in [-0.1, -0.05) is 29.8 Å². The van der Waals surface area contributed by atoms with Crippen LogP contribution in [0, 0.1) is 6.92 Å². The Bertz CT molecular complexity index is 851. The van der Waals surface area contributed by atoms with Crippen LogP contribution in [-0.4, -0.2) is 41.3 Å². The van der Waals surface area contributed by atoms with E-state index in [-0.39, 0.29) is 14.9 Å². The maximum atomic E-state index is 13.9. The van der Waals surface area contributed by atoms with Crippen LogP contribution >= 0.6 is 0 Å². The fourth-order valence-electron chi connectivity index (χ4n) is 2.89. The predicted octanol–water partition coefficient (Wildman–Crippen LogP) is 3.25. The molecule has 0 spiro atoms. The Balaban J connectivity index is 2.07. The number of benzene rings is 2. The molecule has 0 N–H and O–H groups in total. The quantitative estimate of drug-likeness (QED) is 0.745. The SMILES string of the molecule is Cc1ccc(S(=O)(=O)N(c2ccccc2N2CCOCC2)C(F)F)cc1. The lowest BCUT2D eigenvalue weighted by Gasteiger charge is -2.33. The third-order valence-corrected chi connectivity index (χ3v) is 5.97. The van der Waals surface area contributed by atoms with Crippen LogP contribution in [0.1, 0.15) is 5.56 Å². The number of hydrogen-bond donors (Lipinski definition) is 0. The summed E-state index contributed by atoms with van der Waals surface area (Å²) in [7, 11) is -4.41.